The third-order valence-corrected chi connectivity index (χ3v) is 4.49. The number of nitrogens with zero attached hydrogens (tertiary/aromatic N) is 1. The van der Waals surface area contributed by atoms with Crippen LogP contribution >= 0.6 is 0 Å². The van der Waals surface area contributed by atoms with Gasteiger partial charge in [-0.15, -0.1) is 0 Å². The lowest BCUT2D eigenvalue weighted by Crippen LogP contribution is -2.32. The van der Waals surface area contributed by atoms with Gasteiger partial charge in [-0.1, -0.05) is 36.4 Å². The van der Waals surface area contributed by atoms with Crippen LogP contribution in [0, 0.1) is 6.92 Å². The quantitative estimate of drug-likeness (QED) is 0.920. The Labute approximate surface area is 143 Å². The fourth-order valence-corrected chi connectivity index (χ4v) is 2.98. The number of hydrogen-bond acceptors (Lipinski definition) is 3. The molecule has 3 rings (SSSR count). The molecule has 24 heavy (non-hydrogen) atoms. The number of carbonyl (C=O) groups excluding carboxylic acids is 1. The van der Waals surface area contributed by atoms with Crippen LogP contribution in [0.2, 0.25) is 0 Å². The lowest BCUT2D eigenvalue weighted by molar-refractivity contribution is -0.129. The van der Waals surface area contributed by atoms with Gasteiger partial charge in [0.2, 0.25) is 5.91 Å². The highest BCUT2D eigenvalue weighted by Gasteiger charge is 2.23. The van der Waals surface area contributed by atoms with Crippen molar-refractivity contribution in [1.82, 2.24) is 4.90 Å². The highest BCUT2D eigenvalue weighted by molar-refractivity contribution is 5.79. The zero-order valence-electron chi connectivity index (χ0n) is 14.1. The summed E-state index contributed by atoms with van der Waals surface area (Å²) in [5.74, 6) is 0.931. The van der Waals surface area contributed by atoms with Gasteiger partial charge in [-0.2, -0.15) is 0 Å². The Morgan fingerprint density at radius 2 is 2.08 bits per heavy atom. The van der Waals surface area contributed by atoms with Crippen molar-refractivity contribution in [2.45, 2.75) is 32.4 Å². The molecule has 1 saturated heterocycles. The van der Waals surface area contributed by atoms with Gasteiger partial charge in [0.05, 0.1) is 6.42 Å². The van der Waals surface area contributed by atoms with E-state index in [4.69, 9.17) is 10.5 Å². The summed E-state index contributed by atoms with van der Waals surface area (Å²) in [4.78, 5) is 14.2. The van der Waals surface area contributed by atoms with E-state index in [9.17, 15) is 4.79 Å². The number of carbonyl (C=O) groups is 1. The van der Waals surface area contributed by atoms with Gasteiger partial charge in [0.15, 0.2) is 0 Å². The lowest BCUT2D eigenvalue weighted by atomic mass is 10.1. The molecule has 1 atom stereocenters. The Hall–Kier alpha value is -2.33. The Bertz CT molecular complexity index is 714. The SMILES string of the molecule is Cc1ccccc1COc1cccc(CC(=O)N2CC[C@H](N)C2)c1. The second-order valence-corrected chi connectivity index (χ2v) is 6.43. The molecule has 0 aromatic heterocycles. The number of hydrogen-bond donors (Lipinski definition) is 1. The third-order valence-electron chi connectivity index (χ3n) is 4.49. The van der Waals surface area contributed by atoms with Crippen LogP contribution < -0.4 is 10.5 Å². The second kappa shape index (κ2) is 7.49. The summed E-state index contributed by atoms with van der Waals surface area (Å²) in [6, 6.07) is 16.1. The van der Waals surface area contributed by atoms with E-state index in [1.807, 2.05) is 41.3 Å². The molecule has 0 unspecified atom stereocenters. The summed E-state index contributed by atoms with van der Waals surface area (Å²) in [6.07, 6.45) is 1.29. The lowest BCUT2D eigenvalue weighted by Gasteiger charge is -2.16. The first kappa shape index (κ1) is 16.5. The average Bonchev–Trinajstić information content (AvgIpc) is 3.01. The van der Waals surface area contributed by atoms with Crippen molar-refractivity contribution in [1.29, 1.82) is 0 Å². The summed E-state index contributed by atoms with van der Waals surface area (Å²) in [6.45, 7) is 4.05. The van der Waals surface area contributed by atoms with Gasteiger partial charge >= 0.3 is 0 Å². The van der Waals surface area contributed by atoms with Gasteiger partial charge in [0.1, 0.15) is 12.4 Å². The molecule has 1 aliphatic rings. The average molecular weight is 324 g/mol. The predicted octanol–water partition coefficient (Wildman–Crippen LogP) is 2.68. The van der Waals surface area contributed by atoms with E-state index in [-0.39, 0.29) is 11.9 Å². The van der Waals surface area contributed by atoms with Crippen LogP contribution in [-0.2, 0) is 17.8 Å². The van der Waals surface area contributed by atoms with Crippen molar-refractivity contribution in [2.75, 3.05) is 13.1 Å². The van der Waals surface area contributed by atoms with E-state index in [1.165, 1.54) is 11.1 Å². The number of amides is 1. The second-order valence-electron chi connectivity index (χ2n) is 6.43. The summed E-state index contributed by atoms with van der Waals surface area (Å²) in [5, 5.41) is 0. The van der Waals surface area contributed by atoms with E-state index >= 15 is 0 Å². The normalized spacial score (nSPS) is 17.1. The zero-order chi connectivity index (χ0) is 16.9. The van der Waals surface area contributed by atoms with Crippen LogP contribution in [0.15, 0.2) is 48.5 Å². The van der Waals surface area contributed by atoms with E-state index in [0.717, 1.165) is 24.3 Å². The largest absolute Gasteiger partial charge is 0.489 e. The van der Waals surface area contributed by atoms with Crippen molar-refractivity contribution < 1.29 is 9.53 Å². The first-order valence-corrected chi connectivity index (χ1v) is 8.41. The maximum Gasteiger partial charge on any atom is 0.227 e. The van der Waals surface area contributed by atoms with Gasteiger partial charge in [-0.25, -0.2) is 0 Å². The minimum atomic E-state index is 0.123. The molecule has 1 heterocycles. The first-order chi connectivity index (χ1) is 11.6. The summed E-state index contributed by atoms with van der Waals surface area (Å²) in [5.41, 5.74) is 9.24. The zero-order valence-corrected chi connectivity index (χ0v) is 14.1. The monoisotopic (exact) mass is 324 g/mol. The molecule has 0 spiro atoms. The van der Waals surface area contributed by atoms with Crippen LogP contribution in [-0.4, -0.2) is 29.9 Å². The molecule has 0 radical (unpaired) electrons. The number of benzene rings is 2. The van der Waals surface area contributed by atoms with Crippen molar-refractivity contribution in [2.24, 2.45) is 5.73 Å². The summed E-state index contributed by atoms with van der Waals surface area (Å²) < 4.78 is 5.89. The molecule has 0 aliphatic carbocycles. The van der Waals surface area contributed by atoms with E-state index < -0.39 is 0 Å². The number of rotatable bonds is 5. The maximum absolute atomic E-state index is 12.3. The summed E-state index contributed by atoms with van der Waals surface area (Å²) >= 11 is 0. The molecule has 0 saturated carbocycles. The highest BCUT2D eigenvalue weighted by Crippen LogP contribution is 2.18. The van der Waals surface area contributed by atoms with Gasteiger partial charge in [-0.05, 0) is 42.2 Å². The van der Waals surface area contributed by atoms with Gasteiger partial charge < -0.3 is 15.4 Å². The van der Waals surface area contributed by atoms with Crippen LogP contribution in [0.25, 0.3) is 0 Å². The molecule has 126 valence electrons. The molecule has 0 bridgehead atoms. The molecule has 4 nitrogen and oxygen atoms in total. The van der Waals surface area contributed by atoms with E-state index in [1.54, 1.807) is 0 Å². The minimum Gasteiger partial charge on any atom is -0.489 e. The Morgan fingerprint density at radius 3 is 2.83 bits per heavy atom. The molecule has 4 heteroatoms. The number of ether oxygens (including phenoxy) is 1. The molecule has 2 aromatic rings. The molecule has 1 fully saturated rings. The topological polar surface area (TPSA) is 55.6 Å². The standard InChI is InChI=1S/C20H24N2O2/c1-15-5-2-3-7-17(15)14-24-19-8-4-6-16(11-19)12-20(23)22-10-9-18(21)13-22/h2-8,11,18H,9-10,12-14,21H2,1H3/t18-/m0/s1. The van der Waals surface area contributed by atoms with Gasteiger partial charge in [0.25, 0.3) is 0 Å². The van der Waals surface area contributed by atoms with Crippen molar-refractivity contribution in [3.05, 3.63) is 65.2 Å². The fourth-order valence-electron chi connectivity index (χ4n) is 2.98. The Kier molecular flexibility index (Phi) is 5.16. The van der Waals surface area contributed by atoms with E-state index in [2.05, 4.69) is 19.1 Å². The smallest absolute Gasteiger partial charge is 0.227 e. The number of aryl methyl sites for hydroxylation is 1. The highest BCUT2D eigenvalue weighted by atomic mass is 16.5. The number of likely N-dealkylation sites (tertiary alicyclic amines) is 1. The van der Waals surface area contributed by atoms with Crippen LogP contribution in [0.1, 0.15) is 23.1 Å². The maximum atomic E-state index is 12.3. The molecular weight excluding hydrogens is 300 g/mol. The van der Waals surface area contributed by atoms with E-state index in [0.29, 0.717) is 19.6 Å². The van der Waals surface area contributed by atoms with Crippen LogP contribution in [0.3, 0.4) is 0 Å². The van der Waals surface area contributed by atoms with Crippen LogP contribution in [0.5, 0.6) is 5.75 Å². The van der Waals surface area contributed by atoms with Crippen molar-refractivity contribution in [3.63, 3.8) is 0 Å². The number of nitrogens with two attached hydrogens (primary N) is 1. The summed E-state index contributed by atoms with van der Waals surface area (Å²) in [7, 11) is 0. The van der Waals surface area contributed by atoms with Gasteiger partial charge in [-0.3, -0.25) is 4.79 Å². The molecular formula is C20H24N2O2. The third kappa shape index (κ3) is 4.15. The Balaban J connectivity index is 1.60. The molecule has 2 aromatic carbocycles. The molecule has 1 amide bonds. The predicted molar refractivity (Wildman–Crippen MR) is 94.8 cm³/mol. The molecule has 1 aliphatic heterocycles. The van der Waals surface area contributed by atoms with Crippen molar-refractivity contribution >= 4 is 5.91 Å². The van der Waals surface area contributed by atoms with Crippen LogP contribution in [0.4, 0.5) is 0 Å². The van der Waals surface area contributed by atoms with Crippen molar-refractivity contribution in [3.8, 4) is 5.75 Å². The first-order valence-electron chi connectivity index (χ1n) is 8.41. The van der Waals surface area contributed by atoms with Gasteiger partial charge in [0, 0.05) is 19.1 Å². The molecule has 2 N–H and O–H groups in total. The Morgan fingerprint density at radius 1 is 1.25 bits per heavy atom. The minimum absolute atomic E-state index is 0.123. The fraction of sp³-hybridized carbons (Fsp3) is 0.350.